The number of hydrogen-bond donors (Lipinski definition) is 3. The number of halogens is 1. The van der Waals surface area contributed by atoms with E-state index in [4.69, 9.17) is 4.42 Å². The Morgan fingerprint density at radius 1 is 1.14 bits per heavy atom. The van der Waals surface area contributed by atoms with E-state index in [1.807, 2.05) is 6.07 Å². The van der Waals surface area contributed by atoms with Crippen LogP contribution in [0.1, 0.15) is 21.7 Å². The van der Waals surface area contributed by atoms with Crippen LogP contribution in [0, 0.1) is 6.92 Å². The fourth-order valence-corrected chi connectivity index (χ4v) is 2.86. The molecule has 0 aliphatic rings. The van der Waals surface area contributed by atoms with Crippen LogP contribution in [0.25, 0.3) is 11.3 Å². The Morgan fingerprint density at radius 2 is 1.96 bits per heavy atom. The van der Waals surface area contributed by atoms with E-state index in [1.165, 1.54) is 6.21 Å². The predicted molar refractivity (Wildman–Crippen MR) is 110 cm³/mol. The average Bonchev–Trinajstić information content (AvgIpc) is 3.10. The SMILES string of the molecule is Cc1ccc(-c2ccc(/C=N/NC(=O)Nc3cccc(Br)c3)o2)cc1C(=O)O. The second-order valence-electron chi connectivity index (χ2n) is 5.87. The molecule has 7 nitrogen and oxygen atoms in total. The van der Waals surface area contributed by atoms with E-state index in [2.05, 4.69) is 31.8 Å². The standard InChI is InChI=1S/C20H16BrN3O4/c1-12-5-6-13(9-17(12)19(25)26)18-8-7-16(28-18)11-22-24-20(27)23-15-4-2-3-14(21)10-15/h2-11H,1H3,(H,25,26)(H2,23,24,27)/b22-11+. The van der Waals surface area contributed by atoms with E-state index >= 15 is 0 Å². The van der Waals surface area contributed by atoms with Crippen molar-refractivity contribution in [2.24, 2.45) is 5.10 Å². The third kappa shape index (κ3) is 4.86. The lowest BCUT2D eigenvalue weighted by Gasteiger charge is -2.04. The van der Waals surface area contributed by atoms with Gasteiger partial charge in [-0.25, -0.2) is 15.0 Å². The molecule has 3 aromatic rings. The molecule has 28 heavy (non-hydrogen) atoms. The third-order valence-electron chi connectivity index (χ3n) is 3.82. The van der Waals surface area contributed by atoms with Gasteiger partial charge in [-0.1, -0.05) is 34.1 Å². The van der Waals surface area contributed by atoms with Crippen LogP contribution in [0.5, 0.6) is 0 Å². The number of amides is 2. The van der Waals surface area contributed by atoms with Gasteiger partial charge in [0.25, 0.3) is 0 Å². The highest BCUT2D eigenvalue weighted by Crippen LogP contribution is 2.24. The number of urea groups is 1. The summed E-state index contributed by atoms with van der Waals surface area (Å²) in [5.74, 6) is -0.0777. The van der Waals surface area contributed by atoms with Crippen LogP contribution in [0.2, 0.25) is 0 Å². The number of nitrogens with zero attached hydrogens (tertiary/aromatic N) is 1. The number of aromatic carboxylic acids is 1. The topological polar surface area (TPSA) is 104 Å². The lowest BCUT2D eigenvalue weighted by molar-refractivity contribution is 0.0696. The number of nitrogens with one attached hydrogen (secondary N) is 2. The Hall–Kier alpha value is -3.39. The molecule has 3 rings (SSSR count). The minimum Gasteiger partial charge on any atom is -0.478 e. The summed E-state index contributed by atoms with van der Waals surface area (Å²) in [7, 11) is 0. The van der Waals surface area contributed by atoms with Crippen molar-refractivity contribution in [1.29, 1.82) is 0 Å². The highest BCUT2D eigenvalue weighted by molar-refractivity contribution is 9.10. The maximum atomic E-state index is 11.8. The molecule has 0 saturated heterocycles. The van der Waals surface area contributed by atoms with Gasteiger partial charge < -0.3 is 14.8 Å². The Bertz CT molecular complexity index is 1060. The zero-order chi connectivity index (χ0) is 20.1. The molecule has 0 aliphatic carbocycles. The molecule has 2 aromatic carbocycles. The fourth-order valence-electron chi connectivity index (χ4n) is 2.46. The number of carbonyl (C=O) groups excluding carboxylic acids is 1. The number of aryl methyl sites for hydroxylation is 1. The monoisotopic (exact) mass is 441 g/mol. The second kappa shape index (κ2) is 8.53. The number of hydrazone groups is 1. The number of rotatable bonds is 5. The Balaban J connectivity index is 1.63. The molecule has 0 saturated carbocycles. The first-order valence-corrected chi connectivity index (χ1v) is 9.01. The van der Waals surface area contributed by atoms with Gasteiger partial charge in [0.05, 0.1) is 11.8 Å². The van der Waals surface area contributed by atoms with Gasteiger partial charge in [-0.15, -0.1) is 0 Å². The summed E-state index contributed by atoms with van der Waals surface area (Å²) in [6.45, 7) is 1.73. The lowest BCUT2D eigenvalue weighted by Crippen LogP contribution is -2.24. The summed E-state index contributed by atoms with van der Waals surface area (Å²) in [4.78, 5) is 23.1. The van der Waals surface area contributed by atoms with E-state index in [9.17, 15) is 14.7 Å². The molecule has 0 unspecified atom stereocenters. The third-order valence-corrected chi connectivity index (χ3v) is 4.31. The highest BCUT2D eigenvalue weighted by Gasteiger charge is 2.11. The molecule has 0 bridgehead atoms. The van der Waals surface area contributed by atoms with Crippen LogP contribution >= 0.6 is 15.9 Å². The quantitative estimate of drug-likeness (QED) is 0.387. The van der Waals surface area contributed by atoms with E-state index < -0.39 is 12.0 Å². The summed E-state index contributed by atoms with van der Waals surface area (Å²) in [6.07, 6.45) is 1.36. The number of hydrogen-bond acceptors (Lipinski definition) is 4. The molecule has 8 heteroatoms. The number of carboxylic acid groups (broad SMARTS) is 1. The smallest absolute Gasteiger partial charge is 0.339 e. The largest absolute Gasteiger partial charge is 0.478 e. The fraction of sp³-hybridized carbons (Fsp3) is 0.0500. The summed E-state index contributed by atoms with van der Waals surface area (Å²) in [5, 5.41) is 15.7. The van der Waals surface area contributed by atoms with Gasteiger partial charge in [-0.3, -0.25) is 0 Å². The van der Waals surface area contributed by atoms with E-state index in [-0.39, 0.29) is 5.56 Å². The molecule has 1 aromatic heterocycles. The summed E-state index contributed by atoms with van der Waals surface area (Å²) < 4.78 is 6.49. The van der Waals surface area contributed by atoms with Crippen molar-refractivity contribution >= 4 is 39.8 Å². The number of anilines is 1. The highest BCUT2D eigenvalue weighted by atomic mass is 79.9. The maximum Gasteiger partial charge on any atom is 0.339 e. The van der Waals surface area contributed by atoms with Gasteiger partial charge in [0, 0.05) is 15.7 Å². The minimum absolute atomic E-state index is 0.218. The number of carbonyl (C=O) groups is 2. The first-order chi connectivity index (χ1) is 13.4. The number of furan rings is 1. The van der Waals surface area contributed by atoms with Crippen LogP contribution in [0.15, 0.2) is 68.6 Å². The van der Waals surface area contributed by atoms with Gasteiger partial charge in [-0.05, 0) is 48.9 Å². The average molecular weight is 442 g/mol. The zero-order valence-electron chi connectivity index (χ0n) is 14.8. The lowest BCUT2D eigenvalue weighted by atomic mass is 10.0. The van der Waals surface area contributed by atoms with E-state index in [1.54, 1.807) is 55.5 Å². The van der Waals surface area contributed by atoms with Crippen LogP contribution in [0.3, 0.4) is 0 Å². The maximum absolute atomic E-state index is 11.8. The second-order valence-corrected chi connectivity index (χ2v) is 6.79. The van der Waals surface area contributed by atoms with Crippen molar-refractivity contribution in [3.8, 4) is 11.3 Å². The molecule has 3 N–H and O–H groups in total. The van der Waals surface area contributed by atoms with Crippen molar-refractivity contribution in [3.63, 3.8) is 0 Å². The Kier molecular flexibility index (Phi) is 5.90. The number of benzene rings is 2. The number of carboxylic acids is 1. The molecular weight excluding hydrogens is 426 g/mol. The normalized spacial score (nSPS) is 10.8. The van der Waals surface area contributed by atoms with Crippen LogP contribution in [-0.4, -0.2) is 23.3 Å². The Morgan fingerprint density at radius 3 is 2.71 bits per heavy atom. The summed E-state index contributed by atoms with van der Waals surface area (Å²) in [5.41, 5.74) is 4.50. The van der Waals surface area contributed by atoms with Gasteiger partial charge in [0.2, 0.25) is 0 Å². The van der Waals surface area contributed by atoms with E-state index in [0.29, 0.717) is 28.3 Å². The molecule has 142 valence electrons. The molecule has 0 radical (unpaired) electrons. The molecule has 1 heterocycles. The van der Waals surface area contributed by atoms with Gasteiger partial charge in [0.15, 0.2) is 0 Å². The molecule has 2 amide bonds. The molecular formula is C20H16BrN3O4. The van der Waals surface area contributed by atoms with Crippen LogP contribution in [-0.2, 0) is 0 Å². The van der Waals surface area contributed by atoms with Gasteiger partial charge in [-0.2, -0.15) is 5.10 Å². The van der Waals surface area contributed by atoms with Gasteiger partial charge >= 0.3 is 12.0 Å². The minimum atomic E-state index is -0.992. The van der Waals surface area contributed by atoms with Crippen molar-refractivity contribution in [1.82, 2.24) is 5.43 Å². The predicted octanol–water partition coefficient (Wildman–Crippen LogP) is 4.87. The van der Waals surface area contributed by atoms with Crippen LogP contribution < -0.4 is 10.7 Å². The Labute approximate surface area is 169 Å². The van der Waals surface area contributed by atoms with Gasteiger partial charge in [0.1, 0.15) is 11.5 Å². The molecule has 0 aliphatic heterocycles. The zero-order valence-corrected chi connectivity index (χ0v) is 16.4. The van der Waals surface area contributed by atoms with Crippen LogP contribution in [0.4, 0.5) is 10.5 Å². The van der Waals surface area contributed by atoms with Crippen molar-refractivity contribution in [2.75, 3.05) is 5.32 Å². The summed E-state index contributed by atoms with van der Waals surface area (Å²) in [6, 6.07) is 15.1. The first-order valence-electron chi connectivity index (χ1n) is 8.22. The van der Waals surface area contributed by atoms with E-state index in [0.717, 1.165) is 4.47 Å². The van der Waals surface area contributed by atoms with Crippen molar-refractivity contribution in [2.45, 2.75) is 6.92 Å². The summed E-state index contributed by atoms with van der Waals surface area (Å²) >= 11 is 3.33. The molecule has 0 spiro atoms. The van der Waals surface area contributed by atoms with Crippen molar-refractivity contribution < 1.29 is 19.1 Å². The first kappa shape index (κ1) is 19.4. The molecule has 0 atom stereocenters. The molecule has 0 fully saturated rings. The van der Waals surface area contributed by atoms with Crippen molar-refractivity contribution in [3.05, 3.63) is 76.0 Å².